The van der Waals surface area contributed by atoms with Gasteiger partial charge >= 0.3 is 0 Å². The molecule has 0 saturated carbocycles. The molecular formula is C19H27N5O. The van der Waals surface area contributed by atoms with E-state index in [0.29, 0.717) is 12.0 Å². The molecule has 1 aromatic heterocycles. The maximum Gasteiger partial charge on any atom is 0.149 e. The van der Waals surface area contributed by atoms with Gasteiger partial charge in [-0.15, -0.1) is 0 Å². The smallest absolute Gasteiger partial charge is 0.149 e. The van der Waals surface area contributed by atoms with Crippen molar-refractivity contribution in [3.8, 4) is 5.75 Å². The molecule has 1 fully saturated rings. The second kappa shape index (κ2) is 7.27. The maximum absolute atomic E-state index is 5.29. The normalized spacial score (nSPS) is 20.2. The lowest BCUT2D eigenvalue weighted by atomic mass is 9.93. The van der Waals surface area contributed by atoms with Crippen LogP contribution in [0.1, 0.15) is 11.5 Å². The summed E-state index contributed by atoms with van der Waals surface area (Å²) in [5.41, 5.74) is 1.33. The maximum atomic E-state index is 5.29. The second-order valence-electron chi connectivity index (χ2n) is 6.95. The fourth-order valence-electron chi connectivity index (χ4n) is 3.39. The molecule has 6 nitrogen and oxygen atoms in total. The molecular weight excluding hydrogens is 314 g/mol. The van der Waals surface area contributed by atoms with Crippen LogP contribution in [0.3, 0.4) is 0 Å². The number of rotatable bonds is 5. The molecule has 0 N–H and O–H groups in total. The van der Waals surface area contributed by atoms with Crippen LogP contribution in [0.15, 0.2) is 36.7 Å². The zero-order chi connectivity index (χ0) is 18.0. The lowest BCUT2D eigenvalue weighted by molar-refractivity contribution is 0.292. The molecule has 134 valence electrons. The third kappa shape index (κ3) is 3.69. The van der Waals surface area contributed by atoms with E-state index in [1.807, 2.05) is 37.3 Å². The van der Waals surface area contributed by atoms with Crippen LogP contribution in [-0.4, -0.2) is 69.3 Å². The fraction of sp³-hybridized carbons (Fsp3) is 0.474. The number of hydrogen-bond donors (Lipinski definition) is 0. The van der Waals surface area contributed by atoms with E-state index in [0.717, 1.165) is 30.5 Å². The average molecular weight is 341 g/mol. The Kier molecular flexibility index (Phi) is 5.08. The SMILES string of the molecule is COc1ccc([C@@H]2CN(c3cncc(N(C)C)n3)C[C@H]2N(C)C)cc1. The molecule has 2 atom stereocenters. The number of likely N-dealkylation sites (N-methyl/N-ethyl adjacent to an activating group) is 1. The molecule has 2 heterocycles. The summed E-state index contributed by atoms with van der Waals surface area (Å²) in [5, 5.41) is 0. The fourth-order valence-corrected chi connectivity index (χ4v) is 3.39. The van der Waals surface area contributed by atoms with E-state index in [1.165, 1.54) is 5.56 Å². The molecule has 2 aromatic rings. The van der Waals surface area contributed by atoms with E-state index >= 15 is 0 Å². The minimum Gasteiger partial charge on any atom is -0.497 e. The van der Waals surface area contributed by atoms with Crippen LogP contribution in [-0.2, 0) is 0 Å². The number of nitrogens with zero attached hydrogens (tertiary/aromatic N) is 5. The van der Waals surface area contributed by atoms with Gasteiger partial charge in [-0.25, -0.2) is 4.98 Å². The van der Waals surface area contributed by atoms with E-state index < -0.39 is 0 Å². The molecule has 25 heavy (non-hydrogen) atoms. The summed E-state index contributed by atoms with van der Waals surface area (Å²) in [4.78, 5) is 15.7. The van der Waals surface area contributed by atoms with E-state index in [1.54, 1.807) is 13.3 Å². The van der Waals surface area contributed by atoms with Gasteiger partial charge < -0.3 is 19.4 Å². The standard InChI is InChI=1S/C19H27N5O/c1-22(2)17-13-24(19-11-20-10-18(21-19)23(3)4)12-16(17)14-6-8-15(25-5)9-7-14/h6-11,16-17H,12-13H2,1-5H3/t16-,17+/m0/s1. The largest absolute Gasteiger partial charge is 0.497 e. The predicted molar refractivity (Wildman–Crippen MR) is 102 cm³/mol. The third-order valence-corrected chi connectivity index (χ3v) is 4.89. The van der Waals surface area contributed by atoms with E-state index in [4.69, 9.17) is 9.72 Å². The summed E-state index contributed by atoms with van der Waals surface area (Å²) in [6.45, 7) is 1.87. The highest BCUT2D eigenvalue weighted by Crippen LogP contribution is 2.33. The Hall–Kier alpha value is -2.34. The summed E-state index contributed by atoms with van der Waals surface area (Å²) in [6.07, 6.45) is 3.65. The molecule has 0 unspecified atom stereocenters. The van der Waals surface area contributed by atoms with Crippen molar-refractivity contribution >= 4 is 11.6 Å². The van der Waals surface area contributed by atoms with Crippen molar-refractivity contribution in [3.63, 3.8) is 0 Å². The first kappa shape index (κ1) is 17.5. The van der Waals surface area contributed by atoms with Crippen LogP contribution in [0.4, 0.5) is 11.6 Å². The first-order chi connectivity index (χ1) is 12.0. The van der Waals surface area contributed by atoms with E-state index in [-0.39, 0.29) is 0 Å². The molecule has 1 aliphatic heterocycles. The Bertz CT molecular complexity index is 701. The zero-order valence-corrected chi connectivity index (χ0v) is 15.7. The molecule has 0 radical (unpaired) electrons. The first-order valence-corrected chi connectivity index (χ1v) is 8.54. The van der Waals surface area contributed by atoms with Crippen LogP contribution in [0.25, 0.3) is 0 Å². The Morgan fingerprint density at radius 1 is 1.04 bits per heavy atom. The molecule has 6 heteroatoms. The Morgan fingerprint density at radius 2 is 1.76 bits per heavy atom. The summed E-state index contributed by atoms with van der Waals surface area (Å²) >= 11 is 0. The van der Waals surface area contributed by atoms with Crippen molar-refractivity contribution < 1.29 is 4.74 Å². The van der Waals surface area contributed by atoms with Gasteiger partial charge in [0.2, 0.25) is 0 Å². The second-order valence-corrected chi connectivity index (χ2v) is 6.95. The van der Waals surface area contributed by atoms with Gasteiger partial charge in [0.15, 0.2) is 0 Å². The molecule has 3 rings (SSSR count). The van der Waals surface area contributed by atoms with Crippen LogP contribution in [0.2, 0.25) is 0 Å². The zero-order valence-electron chi connectivity index (χ0n) is 15.7. The van der Waals surface area contributed by atoms with Crippen LogP contribution in [0.5, 0.6) is 5.75 Å². The summed E-state index contributed by atoms with van der Waals surface area (Å²) < 4.78 is 5.29. The van der Waals surface area contributed by atoms with Gasteiger partial charge in [0.25, 0.3) is 0 Å². The van der Waals surface area contributed by atoms with Gasteiger partial charge in [-0.3, -0.25) is 4.98 Å². The molecule has 0 aliphatic carbocycles. The average Bonchev–Trinajstić information content (AvgIpc) is 3.07. The molecule has 0 spiro atoms. The topological polar surface area (TPSA) is 44.7 Å². The molecule has 0 amide bonds. The van der Waals surface area contributed by atoms with Crippen molar-refractivity contribution in [2.24, 2.45) is 0 Å². The van der Waals surface area contributed by atoms with Gasteiger partial charge in [0.1, 0.15) is 17.4 Å². The number of aromatic nitrogens is 2. The van der Waals surface area contributed by atoms with Gasteiger partial charge in [-0.05, 0) is 31.8 Å². The van der Waals surface area contributed by atoms with Gasteiger partial charge in [-0.2, -0.15) is 0 Å². The number of ether oxygens (including phenoxy) is 1. The van der Waals surface area contributed by atoms with Crippen molar-refractivity contribution in [3.05, 3.63) is 42.2 Å². The molecule has 1 saturated heterocycles. The highest BCUT2D eigenvalue weighted by molar-refractivity contribution is 5.47. The number of anilines is 2. The molecule has 1 aromatic carbocycles. The number of methoxy groups -OCH3 is 1. The summed E-state index contributed by atoms with van der Waals surface area (Å²) in [6, 6.07) is 8.85. The van der Waals surface area contributed by atoms with Gasteiger partial charge in [0.05, 0.1) is 19.5 Å². The van der Waals surface area contributed by atoms with Crippen LogP contribution in [0, 0.1) is 0 Å². The number of hydrogen-bond acceptors (Lipinski definition) is 6. The summed E-state index contributed by atoms with van der Waals surface area (Å²) in [5.74, 6) is 3.14. The van der Waals surface area contributed by atoms with Gasteiger partial charge in [-0.1, -0.05) is 12.1 Å². The highest BCUT2D eigenvalue weighted by Gasteiger charge is 2.36. The Labute approximate surface area is 150 Å². The van der Waals surface area contributed by atoms with E-state index in [2.05, 4.69) is 41.0 Å². The summed E-state index contributed by atoms with van der Waals surface area (Å²) in [7, 11) is 9.96. The first-order valence-electron chi connectivity index (χ1n) is 8.54. The minimum atomic E-state index is 0.422. The monoisotopic (exact) mass is 341 g/mol. The quantitative estimate of drug-likeness (QED) is 0.830. The Morgan fingerprint density at radius 3 is 2.36 bits per heavy atom. The van der Waals surface area contributed by atoms with Gasteiger partial charge in [0, 0.05) is 39.1 Å². The predicted octanol–water partition coefficient (Wildman–Crippen LogP) is 2.09. The van der Waals surface area contributed by atoms with Crippen LogP contribution >= 0.6 is 0 Å². The van der Waals surface area contributed by atoms with Crippen molar-refractivity contribution in [1.82, 2.24) is 14.9 Å². The minimum absolute atomic E-state index is 0.422. The lowest BCUT2D eigenvalue weighted by Crippen LogP contribution is -2.34. The van der Waals surface area contributed by atoms with E-state index in [9.17, 15) is 0 Å². The number of benzene rings is 1. The molecule has 1 aliphatic rings. The third-order valence-electron chi connectivity index (χ3n) is 4.89. The molecule has 0 bridgehead atoms. The van der Waals surface area contributed by atoms with Crippen molar-refractivity contribution in [2.45, 2.75) is 12.0 Å². The lowest BCUT2D eigenvalue weighted by Gasteiger charge is -2.25. The van der Waals surface area contributed by atoms with Crippen LogP contribution < -0.4 is 14.5 Å². The van der Waals surface area contributed by atoms with Crippen molar-refractivity contribution in [2.75, 3.05) is 58.2 Å². The van der Waals surface area contributed by atoms with Crippen molar-refractivity contribution in [1.29, 1.82) is 0 Å². The Balaban J connectivity index is 1.86. The highest BCUT2D eigenvalue weighted by atomic mass is 16.5.